The number of para-hydroxylation sites is 1. The van der Waals surface area contributed by atoms with Crippen LogP contribution in [0.5, 0.6) is 5.75 Å². The van der Waals surface area contributed by atoms with Gasteiger partial charge in [-0.05, 0) is 31.2 Å². The van der Waals surface area contributed by atoms with E-state index < -0.39 is 0 Å². The Kier molecular flexibility index (Phi) is 3.16. The van der Waals surface area contributed by atoms with Crippen molar-refractivity contribution in [2.45, 2.75) is 6.92 Å². The van der Waals surface area contributed by atoms with Gasteiger partial charge in [0.1, 0.15) is 17.1 Å². The Hall–Kier alpha value is -2.69. The van der Waals surface area contributed by atoms with Crippen molar-refractivity contribution in [3.8, 4) is 5.75 Å². The standard InChI is InChI=1S/C15H14N4O/c1-11-15(19-10-6-5-9-14(19)16-11)18-17-12-7-3-4-8-13(12)20-2/h3-10H,1-2H3. The second-order valence-corrected chi connectivity index (χ2v) is 4.32. The third kappa shape index (κ3) is 2.14. The third-order valence-corrected chi connectivity index (χ3v) is 3.01. The van der Waals surface area contributed by atoms with Crippen molar-refractivity contribution in [3.05, 3.63) is 54.4 Å². The molecule has 0 radical (unpaired) electrons. The van der Waals surface area contributed by atoms with Crippen LogP contribution in [0.25, 0.3) is 5.65 Å². The van der Waals surface area contributed by atoms with Gasteiger partial charge in [0.25, 0.3) is 0 Å². The number of aromatic nitrogens is 2. The SMILES string of the molecule is COc1ccccc1N=Nc1c(C)nc2ccccn12. The molecule has 0 saturated heterocycles. The zero-order valence-electron chi connectivity index (χ0n) is 11.3. The summed E-state index contributed by atoms with van der Waals surface area (Å²) in [4.78, 5) is 4.45. The van der Waals surface area contributed by atoms with E-state index in [1.54, 1.807) is 7.11 Å². The molecule has 0 saturated carbocycles. The summed E-state index contributed by atoms with van der Waals surface area (Å²) in [7, 11) is 1.62. The number of hydrogen-bond donors (Lipinski definition) is 0. The Morgan fingerprint density at radius 2 is 1.85 bits per heavy atom. The van der Waals surface area contributed by atoms with Gasteiger partial charge in [-0.25, -0.2) is 4.98 Å². The Morgan fingerprint density at radius 1 is 1.05 bits per heavy atom. The van der Waals surface area contributed by atoms with Gasteiger partial charge in [-0.2, -0.15) is 0 Å². The molecular formula is C15H14N4O. The van der Waals surface area contributed by atoms with E-state index in [4.69, 9.17) is 4.74 Å². The number of rotatable bonds is 3. The molecule has 0 amide bonds. The molecule has 3 rings (SSSR count). The van der Waals surface area contributed by atoms with E-state index in [0.29, 0.717) is 11.4 Å². The minimum atomic E-state index is 0.695. The molecular weight excluding hydrogens is 252 g/mol. The lowest BCUT2D eigenvalue weighted by Crippen LogP contribution is -1.83. The van der Waals surface area contributed by atoms with E-state index >= 15 is 0 Å². The van der Waals surface area contributed by atoms with Gasteiger partial charge in [-0.15, -0.1) is 10.2 Å². The average Bonchev–Trinajstić information content (AvgIpc) is 2.81. The minimum absolute atomic E-state index is 0.695. The first-order valence-electron chi connectivity index (χ1n) is 6.28. The Labute approximate surface area is 116 Å². The predicted molar refractivity (Wildman–Crippen MR) is 77.1 cm³/mol. The zero-order valence-corrected chi connectivity index (χ0v) is 11.3. The van der Waals surface area contributed by atoms with Crippen molar-refractivity contribution < 1.29 is 4.74 Å². The topological polar surface area (TPSA) is 51.2 Å². The van der Waals surface area contributed by atoms with E-state index in [-0.39, 0.29) is 0 Å². The highest BCUT2D eigenvalue weighted by Crippen LogP contribution is 2.29. The Bertz CT molecular complexity index is 776. The van der Waals surface area contributed by atoms with E-state index in [0.717, 1.165) is 17.2 Å². The Morgan fingerprint density at radius 3 is 2.70 bits per heavy atom. The molecule has 5 heteroatoms. The van der Waals surface area contributed by atoms with Gasteiger partial charge >= 0.3 is 0 Å². The largest absolute Gasteiger partial charge is 0.494 e. The lowest BCUT2D eigenvalue weighted by molar-refractivity contribution is 0.416. The summed E-state index contributed by atoms with van der Waals surface area (Å²) < 4.78 is 7.17. The molecule has 20 heavy (non-hydrogen) atoms. The normalized spacial score (nSPS) is 11.3. The van der Waals surface area contributed by atoms with Crippen molar-refractivity contribution in [1.82, 2.24) is 9.38 Å². The lowest BCUT2D eigenvalue weighted by atomic mass is 10.3. The number of pyridine rings is 1. The second kappa shape index (κ2) is 5.13. The molecule has 2 heterocycles. The molecule has 3 aromatic rings. The molecule has 100 valence electrons. The lowest BCUT2D eigenvalue weighted by Gasteiger charge is -2.01. The number of methoxy groups -OCH3 is 1. The van der Waals surface area contributed by atoms with Crippen molar-refractivity contribution in [1.29, 1.82) is 0 Å². The monoisotopic (exact) mass is 266 g/mol. The first-order valence-corrected chi connectivity index (χ1v) is 6.28. The van der Waals surface area contributed by atoms with Crippen LogP contribution in [0.4, 0.5) is 11.5 Å². The fourth-order valence-corrected chi connectivity index (χ4v) is 2.03. The summed E-state index contributed by atoms with van der Waals surface area (Å²) in [6.07, 6.45) is 1.92. The van der Waals surface area contributed by atoms with Crippen LogP contribution < -0.4 is 4.74 Å². The minimum Gasteiger partial charge on any atom is -0.494 e. The Balaban J connectivity index is 2.05. The van der Waals surface area contributed by atoms with Gasteiger partial charge in [0.05, 0.1) is 12.8 Å². The second-order valence-electron chi connectivity index (χ2n) is 4.32. The smallest absolute Gasteiger partial charge is 0.182 e. The van der Waals surface area contributed by atoms with Crippen LogP contribution in [-0.2, 0) is 0 Å². The summed E-state index contributed by atoms with van der Waals surface area (Å²) in [5.74, 6) is 1.43. The van der Waals surface area contributed by atoms with Gasteiger partial charge in [0, 0.05) is 6.20 Å². The van der Waals surface area contributed by atoms with Crippen LogP contribution in [0.2, 0.25) is 0 Å². The van der Waals surface area contributed by atoms with Crippen LogP contribution in [0.3, 0.4) is 0 Å². The molecule has 0 aliphatic carbocycles. The zero-order chi connectivity index (χ0) is 13.9. The molecule has 0 N–H and O–H groups in total. The molecule has 0 atom stereocenters. The number of ether oxygens (including phenoxy) is 1. The van der Waals surface area contributed by atoms with E-state index in [1.807, 2.05) is 60.0 Å². The number of azo groups is 1. The van der Waals surface area contributed by atoms with Gasteiger partial charge < -0.3 is 4.74 Å². The van der Waals surface area contributed by atoms with Crippen molar-refractivity contribution >= 4 is 17.2 Å². The van der Waals surface area contributed by atoms with E-state index in [1.165, 1.54) is 0 Å². The average molecular weight is 266 g/mol. The quantitative estimate of drug-likeness (QED) is 0.671. The number of benzene rings is 1. The summed E-state index contributed by atoms with van der Waals surface area (Å²) >= 11 is 0. The van der Waals surface area contributed by atoms with Crippen LogP contribution in [0.15, 0.2) is 58.9 Å². The fourth-order valence-electron chi connectivity index (χ4n) is 2.03. The first-order chi connectivity index (χ1) is 9.79. The highest BCUT2D eigenvalue weighted by molar-refractivity contribution is 5.53. The van der Waals surface area contributed by atoms with Crippen molar-refractivity contribution in [2.75, 3.05) is 7.11 Å². The summed E-state index contributed by atoms with van der Waals surface area (Å²) in [6, 6.07) is 13.3. The molecule has 0 fully saturated rings. The van der Waals surface area contributed by atoms with Crippen molar-refractivity contribution in [3.63, 3.8) is 0 Å². The maximum atomic E-state index is 5.26. The predicted octanol–water partition coefficient (Wildman–Crippen LogP) is 4.07. The summed E-state index contributed by atoms with van der Waals surface area (Å²) in [6.45, 7) is 1.92. The van der Waals surface area contributed by atoms with Crippen LogP contribution in [0.1, 0.15) is 5.69 Å². The molecule has 0 aliphatic rings. The summed E-state index contributed by atoms with van der Waals surface area (Å²) in [5.41, 5.74) is 2.40. The summed E-state index contributed by atoms with van der Waals surface area (Å²) in [5, 5.41) is 8.59. The highest BCUT2D eigenvalue weighted by atomic mass is 16.5. The van der Waals surface area contributed by atoms with Gasteiger partial charge in [-0.3, -0.25) is 4.40 Å². The molecule has 1 aromatic carbocycles. The van der Waals surface area contributed by atoms with Crippen LogP contribution >= 0.6 is 0 Å². The number of fused-ring (bicyclic) bond motifs is 1. The van der Waals surface area contributed by atoms with Gasteiger partial charge in [0.2, 0.25) is 0 Å². The molecule has 5 nitrogen and oxygen atoms in total. The highest BCUT2D eigenvalue weighted by Gasteiger charge is 2.07. The van der Waals surface area contributed by atoms with Gasteiger partial charge in [0.15, 0.2) is 5.82 Å². The fraction of sp³-hybridized carbons (Fsp3) is 0.133. The maximum Gasteiger partial charge on any atom is 0.182 e. The molecule has 0 bridgehead atoms. The molecule has 0 unspecified atom stereocenters. The maximum absolute atomic E-state index is 5.26. The molecule has 2 aromatic heterocycles. The van der Waals surface area contributed by atoms with Crippen LogP contribution in [0, 0.1) is 6.92 Å². The van der Waals surface area contributed by atoms with Crippen LogP contribution in [-0.4, -0.2) is 16.5 Å². The van der Waals surface area contributed by atoms with Gasteiger partial charge in [-0.1, -0.05) is 18.2 Å². The van der Waals surface area contributed by atoms with E-state index in [9.17, 15) is 0 Å². The number of imidazole rings is 1. The number of aryl methyl sites for hydroxylation is 1. The molecule has 0 aliphatic heterocycles. The van der Waals surface area contributed by atoms with E-state index in [2.05, 4.69) is 15.2 Å². The molecule has 0 spiro atoms. The first kappa shape index (κ1) is 12.3. The number of hydrogen-bond acceptors (Lipinski definition) is 4. The third-order valence-electron chi connectivity index (χ3n) is 3.01. The number of nitrogens with zero attached hydrogens (tertiary/aromatic N) is 4. The van der Waals surface area contributed by atoms with Crippen molar-refractivity contribution in [2.24, 2.45) is 10.2 Å².